The number of ether oxygens (including phenoxy) is 1. The number of esters is 1. The first-order valence-electron chi connectivity index (χ1n) is 8.47. The summed E-state index contributed by atoms with van der Waals surface area (Å²) in [6, 6.07) is 5.87. The van der Waals surface area contributed by atoms with Crippen molar-refractivity contribution in [3.8, 4) is 0 Å². The average Bonchev–Trinajstić information content (AvgIpc) is 2.49. The predicted octanol–water partition coefficient (Wildman–Crippen LogP) is 3.73. The zero-order valence-electron chi connectivity index (χ0n) is 15.8. The van der Waals surface area contributed by atoms with Gasteiger partial charge >= 0.3 is 5.97 Å². The van der Waals surface area contributed by atoms with E-state index in [1.54, 1.807) is 45.0 Å². The van der Waals surface area contributed by atoms with Crippen LogP contribution in [0.4, 0.5) is 0 Å². The van der Waals surface area contributed by atoms with Crippen LogP contribution in [0.2, 0.25) is 0 Å². The van der Waals surface area contributed by atoms with Gasteiger partial charge in [-0.05, 0) is 46.2 Å². The predicted molar refractivity (Wildman–Crippen MR) is 99.8 cm³/mol. The maximum absolute atomic E-state index is 12.6. The molecule has 0 aliphatic carbocycles. The summed E-state index contributed by atoms with van der Waals surface area (Å²) in [7, 11) is -3.75. The number of sulfonamides is 1. The Morgan fingerprint density at radius 3 is 2.28 bits per heavy atom. The van der Waals surface area contributed by atoms with Crippen molar-refractivity contribution < 1.29 is 17.9 Å². The van der Waals surface area contributed by atoms with Gasteiger partial charge in [0.05, 0.1) is 10.9 Å². The van der Waals surface area contributed by atoms with Crippen LogP contribution in [0.25, 0.3) is 0 Å². The van der Waals surface area contributed by atoms with E-state index in [-0.39, 0.29) is 10.5 Å². The summed E-state index contributed by atoms with van der Waals surface area (Å²) >= 11 is 0. The highest BCUT2D eigenvalue weighted by Crippen LogP contribution is 2.18. The molecule has 0 aromatic heterocycles. The van der Waals surface area contributed by atoms with Gasteiger partial charge in [-0.1, -0.05) is 44.0 Å². The van der Waals surface area contributed by atoms with Crippen molar-refractivity contribution in [1.29, 1.82) is 0 Å². The van der Waals surface area contributed by atoms with E-state index in [1.807, 2.05) is 13.8 Å². The van der Waals surface area contributed by atoms with Crippen LogP contribution < -0.4 is 4.72 Å². The Morgan fingerprint density at radius 1 is 1.24 bits per heavy atom. The maximum Gasteiger partial charge on any atom is 0.335 e. The minimum atomic E-state index is -3.75. The molecule has 0 aliphatic rings. The van der Waals surface area contributed by atoms with E-state index in [4.69, 9.17) is 4.74 Å². The Bertz CT molecular complexity index is 700. The molecule has 0 radical (unpaired) electrons. The highest BCUT2D eigenvalue weighted by atomic mass is 32.2. The molecule has 1 aromatic carbocycles. The van der Waals surface area contributed by atoms with Gasteiger partial charge in [0.1, 0.15) is 5.60 Å². The molecule has 1 aromatic rings. The Balaban J connectivity index is 3.00. The molecule has 0 aliphatic heterocycles. The number of rotatable bonds is 8. The molecule has 0 bridgehead atoms. The molecule has 0 saturated carbocycles. The smallest absolute Gasteiger partial charge is 0.335 e. The fourth-order valence-corrected chi connectivity index (χ4v) is 3.44. The summed E-state index contributed by atoms with van der Waals surface area (Å²) in [6.45, 7) is 13.0. The number of carbonyl (C=O) groups is 1. The number of aryl methyl sites for hydroxylation is 1. The average molecular weight is 368 g/mol. The summed E-state index contributed by atoms with van der Waals surface area (Å²) in [4.78, 5) is 12.4. The highest BCUT2D eigenvalue weighted by Gasteiger charge is 2.28. The molecule has 1 atom stereocenters. The van der Waals surface area contributed by atoms with Crippen LogP contribution >= 0.6 is 0 Å². The molecule has 0 fully saturated rings. The molecule has 0 heterocycles. The number of nitrogens with one attached hydrogen (secondary N) is 1. The van der Waals surface area contributed by atoms with Crippen molar-refractivity contribution in [3.05, 3.63) is 42.0 Å². The van der Waals surface area contributed by atoms with Crippen molar-refractivity contribution in [2.45, 2.75) is 70.4 Å². The second kappa shape index (κ2) is 8.63. The number of benzene rings is 1. The molecule has 0 saturated heterocycles. The normalized spacial score (nSPS) is 13.3. The van der Waals surface area contributed by atoms with Gasteiger partial charge in [0.25, 0.3) is 0 Å². The number of hydrogen-bond donors (Lipinski definition) is 1. The second-order valence-electron chi connectivity index (χ2n) is 7.16. The number of unbranched alkanes of at least 4 members (excludes halogenated alkanes) is 1. The van der Waals surface area contributed by atoms with E-state index in [1.165, 1.54) is 0 Å². The first kappa shape index (κ1) is 21.4. The highest BCUT2D eigenvalue weighted by molar-refractivity contribution is 7.89. The lowest BCUT2D eigenvalue weighted by molar-refractivity contribution is -0.150. The van der Waals surface area contributed by atoms with Crippen molar-refractivity contribution in [1.82, 2.24) is 4.72 Å². The van der Waals surface area contributed by atoms with Gasteiger partial charge in [0, 0.05) is 5.57 Å². The van der Waals surface area contributed by atoms with Crippen LogP contribution in [0.1, 0.15) is 52.5 Å². The Morgan fingerprint density at radius 2 is 1.80 bits per heavy atom. The van der Waals surface area contributed by atoms with Crippen LogP contribution in [-0.2, 0) is 19.6 Å². The standard InChI is InChI=1S/C19H29NO4S/c1-7-8-9-17(15(3)18(21)24-19(4,5)6)20-25(22,23)16-12-10-14(2)11-13-16/h10-13,17,20H,3,7-9H2,1-2,4-6H3/t17-/m0/s1. The molecule has 25 heavy (non-hydrogen) atoms. The van der Waals surface area contributed by atoms with E-state index < -0.39 is 27.6 Å². The molecule has 5 nitrogen and oxygen atoms in total. The van der Waals surface area contributed by atoms with Gasteiger partial charge in [-0.15, -0.1) is 0 Å². The zero-order valence-corrected chi connectivity index (χ0v) is 16.6. The molecule has 6 heteroatoms. The van der Waals surface area contributed by atoms with E-state index >= 15 is 0 Å². The first-order valence-corrected chi connectivity index (χ1v) is 9.95. The lowest BCUT2D eigenvalue weighted by Gasteiger charge is -2.24. The van der Waals surface area contributed by atoms with Gasteiger partial charge in [0.2, 0.25) is 10.0 Å². The van der Waals surface area contributed by atoms with Crippen LogP contribution in [-0.4, -0.2) is 26.0 Å². The summed E-state index contributed by atoms with van der Waals surface area (Å²) in [5, 5.41) is 0. The van der Waals surface area contributed by atoms with Gasteiger partial charge in [-0.25, -0.2) is 17.9 Å². The monoisotopic (exact) mass is 367 g/mol. The number of hydrogen-bond acceptors (Lipinski definition) is 4. The van der Waals surface area contributed by atoms with E-state index in [0.29, 0.717) is 6.42 Å². The summed E-state index contributed by atoms with van der Waals surface area (Å²) in [5.74, 6) is -0.583. The van der Waals surface area contributed by atoms with Gasteiger partial charge in [0.15, 0.2) is 0 Å². The van der Waals surface area contributed by atoms with E-state index in [2.05, 4.69) is 11.3 Å². The van der Waals surface area contributed by atoms with Crippen LogP contribution in [0.3, 0.4) is 0 Å². The van der Waals surface area contributed by atoms with E-state index in [9.17, 15) is 13.2 Å². The molecular formula is C19H29NO4S. The second-order valence-corrected chi connectivity index (χ2v) is 8.87. The molecule has 1 rings (SSSR count). The molecule has 0 unspecified atom stereocenters. The lowest BCUT2D eigenvalue weighted by Crippen LogP contribution is -2.39. The van der Waals surface area contributed by atoms with Gasteiger partial charge in [-0.2, -0.15) is 0 Å². The van der Waals surface area contributed by atoms with Crippen LogP contribution in [0, 0.1) is 6.92 Å². The topological polar surface area (TPSA) is 72.5 Å². The third-order valence-corrected chi connectivity index (χ3v) is 5.04. The molecule has 140 valence electrons. The SMILES string of the molecule is C=C(C(=O)OC(C)(C)C)[C@H](CCCC)NS(=O)(=O)c1ccc(C)cc1. The molecular weight excluding hydrogens is 338 g/mol. The zero-order chi connectivity index (χ0) is 19.3. The lowest BCUT2D eigenvalue weighted by atomic mass is 10.0. The van der Waals surface area contributed by atoms with Gasteiger partial charge in [-0.3, -0.25) is 0 Å². The van der Waals surface area contributed by atoms with Crippen molar-refractivity contribution in [3.63, 3.8) is 0 Å². The van der Waals surface area contributed by atoms with E-state index in [0.717, 1.165) is 18.4 Å². The first-order chi connectivity index (χ1) is 11.5. The summed E-state index contributed by atoms with van der Waals surface area (Å²) < 4.78 is 33.2. The van der Waals surface area contributed by atoms with Crippen molar-refractivity contribution in [2.75, 3.05) is 0 Å². The third-order valence-electron chi connectivity index (χ3n) is 3.56. The summed E-state index contributed by atoms with van der Waals surface area (Å²) in [5.41, 5.74) is 0.434. The quantitative estimate of drug-likeness (QED) is 0.561. The molecule has 0 amide bonds. The summed E-state index contributed by atoms with van der Waals surface area (Å²) in [6.07, 6.45) is 2.13. The maximum atomic E-state index is 12.6. The Hall–Kier alpha value is -1.66. The Labute approximate surface area is 151 Å². The largest absolute Gasteiger partial charge is 0.457 e. The van der Waals surface area contributed by atoms with Gasteiger partial charge < -0.3 is 4.74 Å². The fraction of sp³-hybridized carbons (Fsp3) is 0.526. The minimum Gasteiger partial charge on any atom is -0.457 e. The van der Waals surface area contributed by atoms with Crippen LogP contribution in [0.5, 0.6) is 0 Å². The van der Waals surface area contributed by atoms with Crippen LogP contribution in [0.15, 0.2) is 41.3 Å². The molecule has 1 N–H and O–H groups in total. The Kier molecular flexibility index (Phi) is 7.38. The third kappa shape index (κ3) is 7.00. The minimum absolute atomic E-state index is 0.124. The fourth-order valence-electron chi connectivity index (χ4n) is 2.17. The molecule has 0 spiro atoms. The number of carbonyl (C=O) groups excluding carboxylic acids is 1. The van der Waals surface area contributed by atoms with Crippen molar-refractivity contribution in [2.24, 2.45) is 0 Å². The van der Waals surface area contributed by atoms with Crippen molar-refractivity contribution >= 4 is 16.0 Å².